The predicted octanol–water partition coefficient (Wildman–Crippen LogP) is 2.91. The summed E-state index contributed by atoms with van der Waals surface area (Å²) in [6.07, 6.45) is 6.95. The zero-order valence-corrected chi connectivity index (χ0v) is 10.5. The van der Waals surface area contributed by atoms with E-state index in [-0.39, 0.29) is 0 Å². The smallest absolute Gasteiger partial charge is 0.153 e. The van der Waals surface area contributed by atoms with Crippen LogP contribution in [0.3, 0.4) is 0 Å². The van der Waals surface area contributed by atoms with Gasteiger partial charge in [0.1, 0.15) is 11.6 Å². The van der Waals surface area contributed by atoms with Gasteiger partial charge in [0, 0.05) is 23.9 Å². The van der Waals surface area contributed by atoms with Gasteiger partial charge in [-0.1, -0.05) is 12.8 Å². The van der Waals surface area contributed by atoms with E-state index in [4.69, 9.17) is 0 Å². The van der Waals surface area contributed by atoms with Crippen molar-refractivity contribution in [3.8, 4) is 0 Å². The second-order valence-electron chi connectivity index (χ2n) is 4.80. The number of nitrogens with zero attached hydrogens (tertiary/aromatic N) is 3. The Balaban J connectivity index is 1.73. The zero-order valence-electron chi connectivity index (χ0n) is 10.5. The van der Waals surface area contributed by atoms with E-state index in [0.29, 0.717) is 5.92 Å². The van der Waals surface area contributed by atoms with Gasteiger partial charge < -0.3 is 5.32 Å². The van der Waals surface area contributed by atoms with Gasteiger partial charge >= 0.3 is 0 Å². The highest BCUT2D eigenvalue weighted by molar-refractivity contribution is 5.51. The molecule has 94 valence electrons. The van der Waals surface area contributed by atoms with Crippen molar-refractivity contribution in [3.63, 3.8) is 0 Å². The fraction of sp³-hybridized carbons (Fsp3) is 0.462. The van der Waals surface area contributed by atoms with E-state index in [1.54, 1.807) is 6.20 Å². The monoisotopic (exact) mass is 243 g/mol. The number of aromatic nitrogens is 4. The molecule has 2 heterocycles. The fourth-order valence-corrected chi connectivity index (χ4v) is 2.50. The number of H-pyrrole nitrogens is 1. The Bertz CT molecular complexity index is 528. The van der Waals surface area contributed by atoms with E-state index in [1.807, 2.05) is 13.0 Å². The van der Waals surface area contributed by atoms with E-state index in [9.17, 15) is 0 Å². The normalized spacial score (nSPS) is 16.1. The van der Waals surface area contributed by atoms with E-state index in [2.05, 4.69) is 31.5 Å². The van der Waals surface area contributed by atoms with E-state index >= 15 is 0 Å². The fourth-order valence-electron chi connectivity index (χ4n) is 2.50. The van der Waals surface area contributed by atoms with Crippen molar-refractivity contribution in [2.24, 2.45) is 0 Å². The summed E-state index contributed by atoms with van der Waals surface area (Å²) in [5, 5.41) is 10.6. The minimum absolute atomic E-state index is 0.653. The van der Waals surface area contributed by atoms with Crippen LogP contribution < -0.4 is 5.32 Å². The third kappa shape index (κ3) is 2.34. The Kier molecular flexibility index (Phi) is 2.96. The molecular formula is C13H17N5. The van der Waals surface area contributed by atoms with Gasteiger partial charge in [0.15, 0.2) is 5.82 Å². The molecule has 0 radical (unpaired) electrons. The lowest BCUT2D eigenvalue weighted by molar-refractivity contribution is 0.693. The van der Waals surface area contributed by atoms with Crippen molar-refractivity contribution in [2.45, 2.75) is 38.5 Å². The van der Waals surface area contributed by atoms with Crippen LogP contribution in [-0.2, 0) is 0 Å². The molecule has 0 aromatic carbocycles. The minimum atomic E-state index is 0.653. The summed E-state index contributed by atoms with van der Waals surface area (Å²) in [5.41, 5.74) is 1.24. The third-order valence-corrected chi connectivity index (χ3v) is 3.42. The molecule has 0 bridgehead atoms. The minimum Gasteiger partial charge on any atom is -0.323 e. The maximum Gasteiger partial charge on any atom is 0.153 e. The van der Waals surface area contributed by atoms with Gasteiger partial charge in [-0.2, -0.15) is 5.10 Å². The number of aryl methyl sites for hydroxylation is 1. The molecule has 0 aliphatic heterocycles. The molecular weight excluding hydrogens is 226 g/mol. The molecule has 18 heavy (non-hydrogen) atoms. The molecule has 1 fully saturated rings. The van der Waals surface area contributed by atoms with Crippen molar-refractivity contribution in [1.29, 1.82) is 0 Å². The molecule has 1 aliphatic carbocycles. The average molecular weight is 243 g/mol. The van der Waals surface area contributed by atoms with Gasteiger partial charge in [0.2, 0.25) is 0 Å². The first-order chi connectivity index (χ1) is 8.81. The predicted molar refractivity (Wildman–Crippen MR) is 69.8 cm³/mol. The van der Waals surface area contributed by atoms with Crippen LogP contribution in [0.4, 0.5) is 11.6 Å². The lowest BCUT2D eigenvalue weighted by atomic mass is 10.0. The van der Waals surface area contributed by atoms with Crippen LogP contribution in [-0.4, -0.2) is 20.2 Å². The van der Waals surface area contributed by atoms with Crippen molar-refractivity contribution >= 4 is 11.6 Å². The maximum absolute atomic E-state index is 4.30. The van der Waals surface area contributed by atoms with Gasteiger partial charge in [-0.25, -0.2) is 9.97 Å². The Morgan fingerprint density at radius 2 is 2.11 bits per heavy atom. The standard InChI is InChI=1S/C13H17N5/c1-9-14-7-6-12(15-9)16-13-8-11(17-18-13)10-4-2-3-5-10/h6-8,10H,2-5H2,1H3,(H2,14,15,16,17,18). The van der Waals surface area contributed by atoms with Crippen molar-refractivity contribution in [1.82, 2.24) is 20.2 Å². The Labute approximate surface area is 106 Å². The second-order valence-corrected chi connectivity index (χ2v) is 4.80. The first kappa shape index (κ1) is 11.2. The average Bonchev–Trinajstić information content (AvgIpc) is 2.98. The van der Waals surface area contributed by atoms with Gasteiger partial charge in [-0.15, -0.1) is 0 Å². The van der Waals surface area contributed by atoms with Crippen molar-refractivity contribution in [3.05, 3.63) is 29.8 Å². The second kappa shape index (κ2) is 4.76. The van der Waals surface area contributed by atoms with Gasteiger partial charge in [-0.3, -0.25) is 5.10 Å². The Morgan fingerprint density at radius 1 is 1.28 bits per heavy atom. The molecule has 5 nitrogen and oxygen atoms in total. The number of anilines is 2. The number of rotatable bonds is 3. The first-order valence-corrected chi connectivity index (χ1v) is 6.43. The Hall–Kier alpha value is -1.91. The van der Waals surface area contributed by atoms with Crippen LogP contribution in [0.1, 0.15) is 43.1 Å². The molecule has 2 aromatic heterocycles. The molecule has 0 amide bonds. The molecule has 1 saturated carbocycles. The highest BCUT2D eigenvalue weighted by Gasteiger charge is 2.19. The van der Waals surface area contributed by atoms with Crippen molar-refractivity contribution < 1.29 is 0 Å². The first-order valence-electron chi connectivity index (χ1n) is 6.43. The number of hydrogen-bond acceptors (Lipinski definition) is 4. The molecule has 0 saturated heterocycles. The number of nitrogens with one attached hydrogen (secondary N) is 2. The van der Waals surface area contributed by atoms with Gasteiger partial charge in [-0.05, 0) is 25.8 Å². The SMILES string of the molecule is Cc1nccc(Nc2cc(C3CCCC3)[nH]n2)n1. The van der Waals surface area contributed by atoms with E-state index < -0.39 is 0 Å². The highest BCUT2D eigenvalue weighted by atomic mass is 15.2. The zero-order chi connectivity index (χ0) is 12.4. The summed E-state index contributed by atoms with van der Waals surface area (Å²) in [6.45, 7) is 1.87. The molecule has 5 heteroatoms. The summed E-state index contributed by atoms with van der Waals surface area (Å²) in [5.74, 6) is 3.02. The molecule has 0 unspecified atom stereocenters. The lowest BCUT2D eigenvalue weighted by Crippen LogP contribution is -1.96. The largest absolute Gasteiger partial charge is 0.323 e. The molecule has 1 aliphatic rings. The summed E-state index contributed by atoms with van der Waals surface area (Å²) < 4.78 is 0. The molecule has 2 N–H and O–H groups in total. The molecule has 2 aromatic rings. The van der Waals surface area contributed by atoms with Gasteiger partial charge in [0.25, 0.3) is 0 Å². The number of hydrogen-bond donors (Lipinski definition) is 2. The summed E-state index contributed by atoms with van der Waals surface area (Å²) in [6, 6.07) is 3.93. The van der Waals surface area contributed by atoms with Crippen LogP contribution in [0.15, 0.2) is 18.3 Å². The number of aromatic amines is 1. The summed E-state index contributed by atoms with van der Waals surface area (Å²) in [7, 11) is 0. The molecule has 0 spiro atoms. The lowest BCUT2D eigenvalue weighted by Gasteiger charge is -2.03. The van der Waals surface area contributed by atoms with Gasteiger partial charge in [0.05, 0.1) is 0 Å². The maximum atomic E-state index is 4.30. The van der Waals surface area contributed by atoms with Crippen LogP contribution in [0.2, 0.25) is 0 Å². The molecule has 3 rings (SSSR count). The van der Waals surface area contributed by atoms with Crippen LogP contribution in [0.25, 0.3) is 0 Å². The summed E-state index contributed by atoms with van der Waals surface area (Å²) >= 11 is 0. The van der Waals surface area contributed by atoms with E-state index in [1.165, 1.54) is 31.4 Å². The highest BCUT2D eigenvalue weighted by Crippen LogP contribution is 2.33. The van der Waals surface area contributed by atoms with Crippen LogP contribution >= 0.6 is 0 Å². The van der Waals surface area contributed by atoms with E-state index in [0.717, 1.165) is 17.5 Å². The Morgan fingerprint density at radius 3 is 2.89 bits per heavy atom. The topological polar surface area (TPSA) is 66.5 Å². The molecule has 0 atom stereocenters. The summed E-state index contributed by atoms with van der Waals surface area (Å²) in [4.78, 5) is 8.37. The quantitative estimate of drug-likeness (QED) is 0.869. The third-order valence-electron chi connectivity index (χ3n) is 3.42. The van der Waals surface area contributed by atoms with Crippen LogP contribution in [0, 0.1) is 6.92 Å². The van der Waals surface area contributed by atoms with Crippen molar-refractivity contribution in [2.75, 3.05) is 5.32 Å². The van der Waals surface area contributed by atoms with Crippen LogP contribution in [0.5, 0.6) is 0 Å².